The first-order chi connectivity index (χ1) is 7.84. The van der Waals surface area contributed by atoms with Gasteiger partial charge < -0.3 is 10.2 Å². The molecule has 1 aromatic rings. The number of hydrogen-bond acceptors (Lipinski definition) is 5. The molecule has 0 bridgehead atoms. The third kappa shape index (κ3) is 2.62. The highest BCUT2D eigenvalue weighted by Gasteiger charge is 2.29. The Morgan fingerprint density at radius 3 is 2.59 bits per heavy atom. The van der Waals surface area contributed by atoms with E-state index < -0.39 is 46.4 Å². The zero-order valence-electron chi connectivity index (χ0n) is 8.13. The molecule has 0 aromatic carbocycles. The van der Waals surface area contributed by atoms with Crippen LogP contribution in [0, 0.1) is 10.1 Å². The summed E-state index contributed by atoms with van der Waals surface area (Å²) in [6.45, 7) is 0. The van der Waals surface area contributed by atoms with E-state index in [0.29, 0.717) is 6.20 Å². The monoisotopic (exact) mass is 248 g/mol. The minimum absolute atomic E-state index is 0.487. The Morgan fingerprint density at radius 2 is 2.18 bits per heavy atom. The largest absolute Gasteiger partial charge is 0.501 e. The van der Waals surface area contributed by atoms with E-state index in [-0.39, 0.29) is 0 Å². The normalized spacial score (nSPS) is 10.5. The van der Waals surface area contributed by atoms with Gasteiger partial charge >= 0.3 is 11.7 Å². The fourth-order valence-corrected chi connectivity index (χ4v) is 1.17. The second-order valence-corrected chi connectivity index (χ2v) is 2.99. The van der Waals surface area contributed by atoms with Crippen molar-refractivity contribution in [2.24, 2.45) is 0 Å². The highest BCUT2D eigenvalue weighted by molar-refractivity contribution is 5.71. The van der Waals surface area contributed by atoms with Gasteiger partial charge in [-0.2, -0.15) is 0 Å². The van der Waals surface area contributed by atoms with Crippen LogP contribution >= 0.6 is 0 Å². The van der Waals surface area contributed by atoms with E-state index in [4.69, 9.17) is 5.11 Å². The molecule has 9 heteroatoms. The molecule has 0 amide bonds. The zero-order valence-corrected chi connectivity index (χ0v) is 8.13. The molecule has 1 rings (SSSR count). The zero-order chi connectivity index (χ0) is 13.2. The summed E-state index contributed by atoms with van der Waals surface area (Å²) in [5.74, 6) is -2.54. The van der Waals surface area contributed by atoms with E-state index in [1.807, 2.05) is 0 Å². The van der Waals surface area contributed by atoms with Gasteiger partial charge in [0.2, 0.25) is 5.75 Å². The third-order valence-corrected chi connectivity index (χ3v) is 1.87. The van der Waals surface area contributed by atoms with Crippen LogP contribution in [0.3, 0.4) is 0 Å². The van der Waals surface area contributed by atoms with Crippen LogP contribution in [0.25, 0.3) is 0 Å². The molecule has 0 saturated carbocycles. The van der Waals surface area contributed by atoms with E-state index in [2.05, 4.69) is 4.98 Å². The minimum atomic E-state index is -3.19. The summed E-state index contributed by atoms with van der Waals surface area (Å²) < 4.78 is 24.8. The van der Waals surface area contributed by atoms with Gasteiger partial charge in [-0.15, -0.1) is 0 Å². The molecule has 1 aromatic heterocycles. The molecular formula is C8H6F2N2O5. The minimum Gasteiger partial charge on any atom is -0.501 e. The van der Waals surface area contributed by atoms with Gasteiger partial charge in [-0.25, -0.2) is 8.78 Å². The Balaban J connectivity index is 3.38. The Bertz CT molecular complexity index is 477. The van der Waals surface area contributed by atoms with Crippen LogP contribution < -0.4 is 0 Å². The quantitative estimate of drug-likeness (QED) is 0.612. The van der Waals surface area contributed by atoms with Gasteiger partial charge in [0.15, 0.2) is 0 Å². The summed E-state index contributed by atoms with van der Waals surface area (Å²) in [6.07, 6.45) is -3.50. The Hall–Kier alpha value is -2.32. The number of pyridine rings is 1. The molecule has 92 valence electrons. The maximum atomic E-state index is 12.4. The maximum absolute atomic E-state index is 12.4. The number of carboxylic acid groups (broad SMARTS) is 1. The molecule has 0 aliphatic heterocycles. The Kier molecular flexibility index (Phi) is 3.51. The molecular weight excluding hydrogens is 242 g/mol. The van der Waals surface area contributed by atoms with Gasteiger partial charge in [-0.3, -0.25) is 19.9 Å². The number of aromatic hydroxyl groups is 1. The number of rotatable bonds is 4. The van der Waals surface area contributed by atoms with E-state index in [1.54, 1.807) is 0 Å². The van der Waals surface area contributed by atoms with Crippen LogP contribution in [-0.4, -0.2) is 26.1 Å². The summed E-state index contributed by atoms with van der Waals surface area (Å²) >= 11 is 0. The van der Waals surface area contributed by atoms with Gasteiger partial charge in [-0.05, 0) is 0 Å². The molecule has 7 nitrogen and oxygen atoms in total. The molecule has 1 heterocycles. The van der Waals surface area contributed by atoms with Crippen LogP contribution in [0.5, 0.6) is 5.75 Å². The Labute approximate surface area is 92.5 Å². The lowest BCUT2D eigenvalue weighted by molar-refractivity contribution is -0.387. The number of carboxylic acids is 1. The number of nitro groups is 1. The summed E-state index contributed by atoms with van der Waals surface area (Å²) in [5, 5.41) is 28.3. The lowest BCUT2D eigenvalue weighted by atomic mass is 10.1. The molecule has 0 radical (unpaired) electrons. The van der Waals surface area contributed by atoms with Gasteiger partial charge in [0.05, 0.1) is 11.3 Å². The SMILES string of the molecule is O=C(O)Cc1ncc(C(F)F)c([N+](=O)[O-])c1O. The predicted molar refractivity (Wildman–Crippen MR) is 48.9 cm³/mol. The first kappa shape index (κ1) is 12.7. The third-order valence-electron chi connectivity index (χ3n) is 1.87. The second kappa shape index (κ2) is 4.68. The standard InChI is InChI=1S/C8H6F2N2O5/c9-8(10)3-2-11-4(1-5(13)14)7(15)6(3)12(16)17/h2,8,15H,1H2,(H,13,14). The van der Waals surface area contributed by atoms with Crippen LogP contribution in [0.1, 0.15) is 17.7 Å². The highest BCUT2D eigenvalue weighted by atomic mass is 19.3. The average molecular weight is 248 g/mol. The topological polar surface area (TPSA) is 114 Å². The summed E-state index contributed by atoms with van der Waals surface area (Å²) in [6, 6.07) is 0. The van der Waals surface area contributed by atoms with Gasteiger partial charge in [0.1, 0.15) is 11.3 Å². The number of halogens is 2. The first-order valence-electron chi connectivity index (χ1n) is 4.19. The highest BCUT2D eigenvalue weighted by Crippen LogP contribution is 2.37. The number of aliphatic carboxylic acids is 1. The molecule has 17 heavy (non-hydrogen) atoms. The van der Waals surface area contributed by atoms with Crippen LogP contribution in [-0.2, 0) is 11.2 Å². The van der Waals surface area contributed by atoms with Crippen molar-refractivity contribution in [3.8, 4) is 5.75 Å². The number of hydrogen-bond donors (Lipinski definition) is 2. The second-order valence-electron chi connectivity index (χ2n) is 2.99. The van der Waals surface area contributed by atoms with Crippen molar-refractivity contribution in [2.75, 3.05) is 0 Å². The van der Waals surface area contributed by atoms with E-state index in [9.17, 15) is 28.8 Å². The Morgan fingerprint density at radius 1 is 1.59 bits per heavy atom. The van der Waals surface area contributed by atoms with Crippen LogP contribution in [0.2, 0.25) is 0 Å². The molecule has 0 aliphatic carbocycles. The fraction of sp³-hybridized carbons (Fsp3) is 0.250. The summed E-state index contributed by atoms with van der Waals surface area (Å²) in [7, 11) is 0. The van der Waals surface area contributed by atoms with Crippen molar-refractivity contribution in [3.63, 3.8) is 0 Å². The maximum Gasteiger partial charge on any atom is 0.323 e. The van der Waals surface area contributed by atoms with Crippen molar-refractivity contribution in [2.45, 2.75) is 12.8 Å². The van der Waals surface area contributed by atoms with E-state index in [1.165, 1.54) is 0 Å². The van der Waals surface area contributed by atoms with Crippen molar-refractivity contribution in [3.05, 3.63) is 27.6 Å². The fourth-order valence-electron chi connectivity index (χ4n) is 1.17. The number of aromatic nitrogens is 1. The van der Waals surface area contributed by atoms with Gasteiger partial charge in [0.25, 0.3) is 6.43 Å². The van der Waals surface area contributed by atoms with E-state index in [0.717, 1.165) is 0 Å². The first-order valence-corrected chi connectivity index (χ1v) is 4.19. The molecule has 0 spiro atoms. The molecule has 0 saturated heterocycles. The van der Waals surface area contributed by atoms with Crippen molar-refractivity contribution in [1.29, 1.82) is 0 Å². The smallest absolute Gasteiger partial charge is 0.323 e. The summed E-state index contributed by atoms with van der Waals surface area (Å²) in [5.41, 5.74) is -2.80. The van der Waals surface area contributed by atoms with Crippen molar-refractivity contribution < 1.29 is 28.7 Å². The van der Waals surface area contributed by atoms with Gasteiger partial charge in [0, 0.05) is 6.20 Å². The molecule has 0 unspecified atom stereocenters. The van der Waals surface area contributed by atoms with Gasteiger partial charge in [-0.1, -0.05) is 0 Å². The van der Waals surface area contributed by atoms with Crippen LogP contribution in [0.15, 0.2) is 6.20 Å². The molecule has 0 aliphatic rings. The predicted octanol–water partition coefficient (Wildman–Crippen LogP) is 1.26. The number of alkyl halides is 2. The number of carbonyl (C=O) groups is 1. The number of nitrogens with zero attached hydrogens (tertiary/aromatic N) is 2. The lowest BCUT2D eigenvalue weighted by Gasteiger charge is -2.06. The molecule has 0 atom stereocenters. The van der Waals surface area contributed by atoms with Crippen LogP contribution in [0.4, 0.5) is 14.5 Å². The summed E-state index contributed by atoms with van der Waals surface area (Å²) in [4.78, 5) is 22.9. The lowest BCUT2D eigenvalue weighted by Crippen LogP contribution is -2.06. The average Bonchev–Trinajstić information content (AvgIpc) is 2.19. The van der Waals surface area contributed by atoms with E-state index >= 15 is 0 Å². The molecule has 2 N–H and O–H groups in total. The molecule has 0 fully saturated rings. The van der Waals surface area contributed by atoms with Crippen molar-refractivity contribution >= 4 is 11.7 Å². The van der Waals surface area contributed by atoms with Crippen molar-refractivity contribution in [1.82, 2.24) is 4.98 Å².